The minimum atomic E-state index is -0.529. The normalized spacial score (nSPS) is 18.0. The first-order chi connectivity index (χ1) is 12.3. The molecule has 0 bridgehead atoms. The van der Waals surface area contributed by atoms with Crippen LogP contribution in [0.2, 0.25) is 0 Å². The van der Waals surface area contributed by atoms with Crippen LogP contribution in [0.25, 0.3) is 11.0 Å². The summed E-state index contributed by atoms with van der Waals surface area (Å²) < 4.78 is 10.9. The molecule has 1 saturated heterocycles. The summed E-state index contributed by atoms with van der Waals surface area (Å²) in [5.74, 6) is -0.160. The highest BCUT2D eigenvalue weighted by atomic mass is 16.6. The molecule has 0 spiro atoms. The number of carbonyl (C=O) groups is 2. The van der Waals surface area contributed by atoms with Crippen molar-refractivity contribution in [3.8, 4) is 0 Å². The number of amides is 2. The van der Waals surface area contributed by atoms with Gasteiger partial charge in [-0.05, 0) is 58.2 Å². The van der Waals surface area contributed by atoms with Crippen molar-refractivity contribution in [1.82, 2.24) is 10.2 Å². The smallest absolute Gasteiger partial charge is 0.410 e. The lowest BCUT2D eigenvalue weighted by Crippen LogP contribution is -2.50. The van der Waals surface area contributed by atoms with Crippen LogP contribution in [0.1, 0.15) is 50.4 Å². The molecule has 1 aliphatic heterocycles. The second kappa shape index (κ2) is 7.40. The number of hydrogen-bond donors (Lipinski definition) is 1. The Balaban J connectivity index is 1.66. The van der Waals surface area contributed by atoms with Crippen molar-refractivity contribution in [2.75, 3.05) is 13.1 Å². The Morgan fingerprint density at radius 1 is 1.27 bits per heavy atom. The number of nitrogens with one attached hydrogen (secondary N) is 1. The quantitative estimate of drug-likeness (QED) is 0.902. The largest absolute Gasteiger partial charge is 0.464 e. The predicted octanol–water partition coefficient (Wildman–Crippen LogP) is 3.95. The molecule has 6 heteroatoms. The molecule has 2 heterocycles. The van der Waals surface area contributed by atoms with Crippen molar-refractivity contribution < 1.29 is 18.7 Å². The van der Waals surface area contributed by atoms with E-state index in [4.69, 9.17) is 9.15 Å². The summed E-state index contributed by atoms with van der Waals surface area (Å²) in [7, 11) is 0. The average Bonchev–Trinajstić information content (AvgIpc) is 3.07. The second-order valence-electron chi connectivity index (χ2n) is 7.67. The molecule has 1 aromatic carbocycles. The van der Waals surface area contributed by atoms with Gasteiger partial charge in [0.15, 0.2) is 0 Å². The zero-order valence-electron chi connectivity index (χ0n) is 15.6. The zero-order valence-corrected chi connectivity index (χ0v) is 15.6. The van der Waals surface area contributed by atoms with Gasteiger partial charge in [0, 0.05) is 18.5 Å². The van der Waals surface area contributed by atoms with E-state index in [0.717, 1.165) is 24.6 Å². The molecule has 140 valence electrons. The lowest BCUT2D eigenvalue weighted by molar-refractivity contribution is 0.00986. The lowest BCUT2D eigenvalue weighted by atomic mass is 10.0. The van der Waals surface area contributed by atoms with Gasteiger partial charge in [-0.2, -0.15) is 0 Å². The van der Waals surface area contributed by atoms with Crippen LogP contribution >= 0.6 is 0 Å². The maximum absolute atomic E-state index is 12.6. The molecule has 1 fully saturated rings. The Kier molecular flexibility index (Phi) is 5.20. The fourth-order valence-electron chi connectivity index (χ4n) is 3.27. The van der Waals surface area contributed by atoms with Crippen molar-refractivity contribution in [3.05, 3.63) is 36.1 Å². The minimum absolute atomic E-state index is 0.0499. The molecule has 1 unspecified atom stereocenters. The van der Waals surface area contributed by atoms with Gasteiger partial charge in [0.05, 0.1) is 17.9 Å². The average molecular weight is 358 g/mol. The maximum atomic E-state index is 12.6. The van der Waals surface area contributed by atoms with Crippen LogP contribution in [0.3, 0.4) is 0 Å². The van der Waals surface area contributed by atoms with E-state index in [1.54, 1.807) is 29.4 Å². The number of carbonyl (C=O) groups excluding carboxylic acids is 2. The predicted molar refractivity (Wildman–Crippen MR) is 99.1 cm³/mol. The Hall–Kier alpha value is -2.50. The fourth-order valence-corrected chi connectivity index (χ4v) is 3.27. The molecular weight excluding hydrogens is 332 g/mol. The highest BCUT2D eigenvalue weighted by Crippen LogP contribution is 2.22. The third kappa shape index (κ3) is 4.18. The fraction of sp³-hybridized carbons (Fsp3) is 0.500. The van der Waals surface area contributed by atoms with Gasteiger partial charge in [0.25, 0.3) is 5.91 Å². The highest BCUT2D eigenvalue weighted by Gasteiger charge is 2.30. The molecule has 2 aromatic rings. The monoisotopic (exact) mass is 358 g/mol. The van der Waals surface area contributed by atoms with Crippen molar-refractivity contribution >= 4 is 23.0 Å². The molecule has 26 heavy (non-hydrogen) atoms. The summed E-state index contributed by atoms with van der Waals surface area (Å²) in [6, 6.07) is 7.15. The number of fused-ring (bicyclic) bond motifs is 1. The number of benzene rings is 1. The molecule has 1 aromatic heterocycles. The second-order valence-corrected chi connectivity index (χ2v) is 7.67. The molecule has 2 amide bonds. The van der Waals surface area contributed by atoms with E-state index >= 15 is 0 Å². The minimum Gasteiger partial charge on any atom is -0.464 e. The number of furan rings is 1. The van der Waals surface area contributed by atoms with Crippen molar-refractivity contribution in [3.63, 3.8) is 0 Å². The van der Waals surface area contributed by atoms with E-state index in [2.05, 4.69) is 5.32 Å². The molecule has 0 saturated carbocycles. The first-order valence-electron chi connectivity index (χ1n) is 9.09. The van der Waals surface area contributed by atoms with Gasteiger partial charge in [0.1, 0.15) is 11.2 Å². The number of hydrogen-bond acceptors (Lipinski definition) is 4. The van der Waals surface area contributed by atoms with Gasteiger partial charge >= 0.3 is 6.09 Å². The number of likely N-dealkylation sites (tertiary alicyclic amines) is 1. The van der Waals surface area contributed by atoms with Gasteiger partial charge in [-0.1, -0.05) is 6.07 Å². The summed E-state index contributed by atoms with van der Waals surface area (Å²) >= 11 is 0. The third-order valence-corrected chi connectivity index (χ3v) is 4.49. The molecule has 3 rings (SSSR count). The number of rotatable bonds is 3. The van der Waals surface area contributed by atoms with Crippen molar-refractivity contribution in [1.29, 1.82) is 0 Å². The van der Waals surface area contributed by atoms with Crippen LogP contribution in [0.15, 0.2) is 34.9 Å². The number of nitrogens with zero attached hydrogens (tertiary/aromatic N) is 1. The first-order valence-corrected chi connectivity index (χ1v) is 9.09. The van der Waals surface area contributed by atoms with Gasteiger partial charge < -0.3 is 19.4 Å². The topological polar surface area (TPSA) is 71.8 Å². The van der Waals surface area contributed by atoms with Crippen LogP contribution in [0.4, 0.5) is 4.79 Å². The van der Waals surface area contributed by atoms with E-state index in [-0.39, 0.29) is 18.0 Å². The Bertz CT molecular complexity index is 790. The number of piperidine rings is 1. The molecule has 0 radical (unpaired) electrons. The van der Waals surface area contributed by atoms with Crippen LogP contribution in [-0.4, -0.2) is 41.6 Å². The molecule has 0 aliphatic carbocycles. The van der Waals surface area contributed by atoms with Crippen LogP contribution in [-0.2, 0) is 4.74 Å². The zero-order chi connectivity index (χ0) is 18.7. The van der Waals surface area contributed by atoms with Gasteiger partial charge in [-0.3, -0.25) is 4.79 Å². The Morgan fingerprint density at radius 2 is 2.08 bits per heavy atom. The van der Waals surface area contributed by atoms with Crippen LogP contribution in [0.5, 0.6) is 0 Å². The summed E-state index contributed by atoms with van der Waals surface area (Å²) in [4.78, 5) is 26.8. The van der Waals surface area contributed by atoms with E-state index in [0.29, 0.717) is 24.2 Å². The lowest BCUT2D eigenvalue weighted by Gasteiger charge is -2.36. The van der Waals surface area contributed by atoms with Crippen LogP contribution in [0, 0.1) is 0 Å². The van der Waals surface area contributed by atoms with Gasteiger partial charge in [0.2, 0.25) is 0 Å². The molecule has 1 aliphatic rings. The van der Waals surface area contributed by atoms with E-state index in [1.165, 1.54) is 0 Å². The first kappa shape index (κ1) is 18.3. The molecule has 1 N–H and O–H groups in total. The van der Waals surface area contributed by atoms with E-state index < -0.39 is 5.60 Å². The van der Waals surface area contributed by atoms with Crippen molar-refractivity contribution in [2.45, 2.75) is 51.7 Å². The third-order valence-electron chi connectivity index (χ3n) is 4.49. The van der Waals surface area contributed by atoms with E-state index in [9.17, 15) is 9.59 Å². The standard InChI is InChI=1S/C20H26N2O4/c1-20(2,3)26-19(24)22-11-5-4-7-14(22)13-21-18(23)16-8-6-9-17-15(16)10-12-25-17/h6,8-10,12,14H,4-5,7,11,13H2,1-3H3,(H,21,23). The summed E-state index contributed by atoms with van der Waals surface area (Å²) in [6.07, 6.45) is 4.12. The van der Waals surface area contributed by atoms with E-state index in [1.807, 2.05) is 26.8 Å². The summed E-state index contributed by atoms with van der Waals surface area (Å²) in [5, 5.41) is 3.76. The maximum Gasteiger partial charge on any atom is 0.410 e. The Morgan fingerprint density at radius 3 is 2.85 bits per heavy atom. The van der Waals surface area contributed by atoms with Gasteiger partial charge in [-0.15, -0.1) is 0 Å². The van der Waals surface area contributed by atoms with Crippen molar-refractivity contribution in [2.24, 2.45) is 0 Å². The number of ether oxygens (including phenoxy) is 1. The molecular formula is C20H26N2O4. The Labute approximate surface area is 153 Å². The molecule has 6 nitrogen and oxygen atoms in total. The highest BCUT2D eigenvalue weighted by molar-refractivity contribution is 6.05. The van der Waals surface area contributed by atoms with Crippen LogP contribution < -0.4 is 5.32 Å². The molecule has 1 atom stereocenters. The SMILES string of the molecule is CC(C)(C)OC(=O)N1CCCCC1CNC(=O)c1cccc2occc12. The van der Waals surface area contributed by atoms with Gasteiger partial charge in [-0.25, -0.2) is 4.79 Å². The summed E-state index contributed by atoms with van der Waals surface area (Å²) in [5.41, 5.74) is 0.737. The summed E-state index contributed by atoms with van der Waals surface area (Å²) in [6.45, 7) is 6.64.